The average Bonchev–Trinajstić information content (AvgIpc) is 3.37. The Morgan fingerprint density at radius 1 is 1.26 bits per heavy atom. The molecule has 1 aromatic carbocycles. The molecule has 1 aromatic rings. The summed E-state index contributed by atoms with van der Waals surface area (Å²) in [5.74, 6) is 1.18. The van der Waals surface area contributed by atoms with E-state index in [0.717, 1.165) is 36.8 Å². The fourth-order valence-electron chi connectivity index (χ4n) is 5.61. The number of allylic oxidation sites excluding steroid dienone is 1. The van der Waals surface area contributed by atoms with Crippen molar-refractivity contribution >= 4 is 18.0 Å². The lowest BCUT2D eigenvalue weighted by molar-refractivity contribution is -0.152. The van der Waals surface area contributed by atoms with Gasteiger partial charge in [0.15, 0.2) is 11.5 Å². The van der Waals surface area contributed by atoms with Crippen LogP contribution < -0.4 is 10.1 Å². The molecule has 35 heavy (non-hydrogen) atoms. The summed E-state index contributed by atoms with van der Waals surface area (Å²) >= 11 is 0. The Labute approximate surface area is 209 Å². The molecule has 2 N–H and O–H groups in total. The summed E-state index contributed by atoms with van der Waals surface area (Å²) in [4.78, 5) is 29.6. The minimum Gasteiger partial charge on any atom is -0.504 e. The molecule has 1 aliphatic carbocycles. The quantitative estimate of drug-likeness (QED) is 0.427. The Morgan fingerprint density at radius 2 is 2.06 bits per heavy atom. The van der Waals surface area contributed by atoms with Crippen molar-refractivity contribution in [1.29, 1.82) is 0 Å². The van der Waals surface area contributed by atoms with Gasteiger partial charge in [-0.1, -0.05) is 19.4 Å². The third kappa shape index (κ3) is 7.17. The molecule has 4 atom stereocenters. The van der Waals surface area contributed by atoms with Crippen molar-refractivity contribution in [1.82, 2.24) is 5.32 Å². The van der Waals surface area contributed by atoms with E-state index in [1.807, 2.05) is 13.3 Å². The fourth-order valence-corrected chi connectivity index (χ4v) is 5.61. The second-order valence-electron chi connectivity index (χ2n) is 9.77. The molecule has 1 aliphatic heterocycles. The number of hydrogen-bond donors (Lipinski definition) is 2. The van der Waals surface area contributed by atoms with E-state index < -0.39 is 6.10 Å². The van der Waals surface area contributed by atoms with Gasteiger partial charge in [0.1, 0.15) is 11.9 Å². The van der Waals surface area contributed by atoms with Gasteiger partial charge in [0.05, 0.1) is 13.7 Å². The standard InChI is InChI=1S/C28H40N2O5/c1-5-19-6-9-24(21-10-11-30-17-21)25(12-19)27(35-18(2)31)15-23(32)8-7-20-14-28(34-4)26(33)13-22(20)16-29-3/h10,13-14,17,19,24-25,27,29,33H,5-9,11-12,15-16H2,1-4H3/t19-,24-,25+,27-/m0/s1. The van der Waals surface area contributed by atoms with Gasteiger partial charge in [-0.2, -0.15) is 0 Å². The first-order chi connectivity index (χ1) is 16.9. The van der Waals surface area contributed by atoms with Gasteiger partial charge >= 0.3 is 5.97 Å². The highest BCUT2D eigenvalue weighted by Gasteiger charge is 2.39. The SMILES string of the molecule is CC[C@H]1CC[C@@H](C2=CCN=C2)[C@H]([C@H](CC(=O)CCc2cc(OC)c(O)cc2CNC)OC(C)=O)C1. The van der Waals surface area contributed by atoms with Crippen LogP contribution >= 0.6 is 0 Å². The van der Waals surface area contributed by atoms with E-state index in [2.05, 4.69) is 23.3 Å². The number of aliphatic imine (C=N–C) groups is 1. The predicted octanol–water partition coefficient (Wildman–Crippen LogP) is 4.40. The molecule has 1 saturated carbocycles. The van der Waals surface area contributed by atoms with Crippen molar-refractivity contribution in [2.75, 3.05) is 20.7 Å². The summed E-state index contributed by atoms with van der Waals surface area (Å²) in [6, 6.07) is 3.49. The van der Waals surface area contributed by atoms with Crippen molar-refractivity contribution in [2.24, 2.45) is 22.7 Å². The number of nitrogens with one attached hydrogen (secondary N) is 1. The van der Waals surface area contributed by atoms with Gasteiger partial charge in [0.25, 0.3) is 0 Å². The van der Waals surface area contributed by atoms with Crippen LogP contribution in [-0.4, -0.2) is 49.9 Å². The van der Waals surface area contributed by atoms with Crippen LogP contribution in [0.4, 0.5) is 0 Å². The number of aromatic hydroxyl groups is 1. The zero-order valence-electron chi connectivity index (χ0n) is 21.5. The lowest BCUT2D eigenvalue weighted by Gasteiger charge is -2.40. The van der Waals surface area contributed by atoms with E-state index in [9.17, 15) is 14.7 Å². The van der Waals surface area contributed by atoms with Gasteiger partial charge in [0.2, 0.25) is 0 Å². The first-order valence-electron chi connectivity index (χ1n) is 12.8. The molecule has 0 unspecified atom stereocenters. The number of rotatable bonds is 12. The first kappa shape index (κ1) is 26.9. The van der Waals surface area contributed by atoms with Gasteiger partial charge in [-0.15, -0.1) is 0 Å². The topological polar surface area (TPSA) is 97.2 Å². The minimum absolute atomic E-state index is 0.0742. The maximum Gasteiger partial charge on any atom is 0.302 e. The van der Waals surface area contributed by atoms with Crippen LogP contribution in [0.25, 0.3) is 0 Å². The van der Waals surface area contributed by atoms with Crippen LogP contribution in [0, 0.1) is 17.8 Å². The highest BCUT2D eigenvalue weighted by molar-refractivity contribution is 5.82. The molecule has 192 valence electrons. The molecule has 1 heterocycles. The fraction of sp³-hybridized carbons (Fsp3) is 0.607. The van der Waals surface area contributed by atoms with E-state index in [-0.39, 0.29) is 35.8 Å². The maximum atomic E-state index is 13.2. The minimum atomic E-state index is -0.430. The number of hydrogen-bond acceptors (Lipinski definition) is 7. The Hall–Kier alpha value is -2.67. The Bertz CT molecular complexity index is 955. The monoisotopic (exact) mass is 484 g/mol. The van der Waals surface area contributed by atoms with Crippen molar-refractivity contribution in [3.63, 3.8) is 0 Å². The lowest BCUT2D eigenvalue weighted by Crippen LogP contribution is -2.38. The zero-order valence-corrected chi connectivity index (χ0v) is 21.5. The third-order valence-electron chi connectivity index (χ3n) is 7.45. The number of carbonyl (C=O) groups is 2. The number of phenols is 1. The first-order valence-corrected chi connectivity index (χ1v) is 12.8. The van der Waals surface area contributed by atoms with Gasteiger partial charge in [0, 0.05) is 38.4 Å². The molecule has 3 rings (SSSR count). The molecular formula is C28H40N2O5. The number of aryl methyl sites for hydroxylation is 1. The van der Waals surface area contributed by atoms with Gasteiger partial charge < -0.3 is 19.9 Å². The number of phenolic OH excluding ortho intramolecular Hbond substituents is 1. The molecule has 0 aromatic heterocycles. The molecule has 0 saturated heterocycles. The van der Waals surface area contributed by atoms with E-state index in [0.29, 0.717) is 37.6 Å². The summed E-state index contributed by atoms with van der Waals surface area (Å²) in [6.45, 7) is 4.92. The second-order valence-corrected chi connectivity index (χ2v) is 9.77. The van der Waals surface area contributed by atoms with Gasteiger partial charge in [-0.3, -0.25) is 14.6 Å². The summed E-state index contributed by atoms with van der Waals surface area (Å²) in [5.41, 5.74) is 3.11. The molecular weight excluding hydrogens is 444 g/mol. The number of benzene rings is 1. The van der Waals surface area contributed by atoms with Crippen LogP contribution in [0.2, 0.25) is 0 Å². The van der Waals surface area contributed by atoms with Crippen LogP contribution in [0.3, 0.4) is 0 Å². The maximum absolute atomic E-state index is 13.2. The highest BCUT2D eigenvalue weighted by Crippen LogP contribution is 2.43. The number of esters is 1. The summed E-state index contributed by atoms with van der Waals surface area (Å²) in [7, 11) is 3.36. The molecule has 1 fully saturated rings. The molecule has 0 spiro atoms. The van der Waals surface area contributed by atoms with E-state index in [4.69, 9.17) is 9.47 Å². The Kier molecular flexibility index (Phi) is 9.90. The van der Waals surface area contributed by atoms with E-state index >= 15 is 0 Å². The zero-order chi connectivity index (χ0) is 25.4. The number of ether oxygens (including phenoxy) is 2. The third-order valence-corrected chi connectivity index (χ3v) is 7.45. The van der Waals surface area contributed by atoms with Crippen molar-refractivity contribution < 1.29 is 24.2 Å². The Balaban J connectivity index is 1.75. The molecule has 0 radical (unpaired) electrons. The van der Waals surface area contributed by atoms with Crippen LogP contribution in [-0.2, 0) is 27.3 Å². The number of nitrogens with zero attached hydrogens (tertiary/aromatic N) is 1. The van der Waals surface area contributed by atoms with Crippen LogP contribution in [0.1, 0.15) is 63.5 Å². The molecule has 0 amide bonds. The van der Waals surface area contributed by atoms with E-state index in [1.54, 1.807) is 12.1 Å². The van der Waals surface area contributed by atoms with Crippen molar-refractivity contribution in [2.45, 2.75) is 71.4 Å². The number of methoxy groups -OCH3 is 1. The van der Waals surface area contributed by atoms with Crippen molar-refractivity contribution in [3.05, 3.63) is 34.9 Å². The van der Waals surface area contributed by atoms with E-state index in [1.165, 1.54) is 19.6 Å². The Morgan fingerprint density at radius 3 is 2.69 bits per heavy atom. The number of ketones is 1. The average molecular weight is 485 g/mol. The van der Waals surface area contributed by atoms with Gasteiger partial charge in [-0.05, 0) is 73.4 Å². The summed E-state index contributed by atoms with van der Waals surface area (Å²) < 4.78 is 11.1. The molecule has 7 nitrogen and oxygen atoms in total. The summed E-state index contributed by atoms with van der Waals surface area (Å²) in [5, 5.41) is 13.2. The summed E-state index contributed by atoms with van der Waals surface area (Å²) in [6.07, 6.45) is 9.01. The molecule has 7 heteroatoms. The van der Waals surface area contributed by atoms with Crippen LogP contribution in [0.15, 0.2) is 28.8 Å². The number of carbonyl (C=O) groups excluding carboxylic acids is 2. The number of Topliss-reactive ketones (excluding diaryl/α,β-unsaturated/α-hetero) is 1. The van der Waals surface area contributed by atoms with Crippen molar-refractivity contribution in [3.8, 4) is 11.5 Å². The predicted molar refractivity (Wildman–Crippen MR) is 137 cm³/mol. The second kappa shape index (κ2) is 12.9. The van der Waals surface area contributed by atoms with Crippen LogP contribution in [0.5, 0.6) is 11.5 Å². The normalized spacial score (nSPS) is 22.5. The van der Waals surface area contributed by atoms with Gasteiger partial charge in [-0.25, -0.2) is 0 Å². The lowest BCUT2D eigenvalue weighted by atomic mass is 9.67. The molecule has 2 aliphatic rings. The largest absolute Gasteiger partial charge is 0.504 e. The smallest absolute Gasteiger partial charge is 0.302 e. The molecule has 0 bridgehead atoms. The highest BCUT2D eigenvalue weighted by atomic mass is 16.5.